The number of hydrogen-bond acceptors (Lipinski definition) is 4. The summed E-state index contributed by atoms with van der Waals surface area (Å²) in [4.78, 5) is 15.8. The molecule has 21 heavy (non-hydrogen) atoms. The minimum absolute atomic E-state index is 0.129. The number of hydrogen-bond donors (Lipinski definition) is 2. The third kappa shape index (κ3) is 7.24. The van der Waals surface area contributed by atoms with Gasteiger partial charge in [0.25, 0.3) is 0 Å². The molecule has 120 valence electrons. The van der Waals surface area contributed by atoms with Crippen LogP contribution < -0.4 is 10.0 Å². The van der Waals surface area contributed by atoms with Crippen molar-refractivity contribution in [3.63, 3.8) is 0 Å². The van der Waals surface area contributed by atoms with Gasteiger partial charge in [-0.15, -0.1) is 0 Å². The maximum Gasteiger partial charge on any atom is 0.221 e. The molecule has 1 heterocycles. The minimum Gasteiger partial charge on any atom is -0.356 e. The van der Waals surface area contributed by atoms with Crippen LogP contribution in [0.5, 0.6) is 0 Å². The van der Waals surface area contributed by atoms with E-state index in [1.54, 1.807) is 6.20 Å². The lowest BCUT2D eigenvalue weighted by Crippen LogP contribution is -2.31. The summed E-state index contributed by atoms with van der Waals surface area (Å²) in [5.74, 6) is 1.26. The molecule has 1 aromatic rings. The highest BCUT2D eigenvalue weighted by Gasteiger charge is 2.07. The second-order valence-electron chi connectivity index (χ2n) is 5.25. The first-order valence-corrected chi connectivity index (χ1v) is 8.91. The van der Waals surface area contributed by atoms with Gasteiger partial charge in [0, 0.05) is 44.4 Å². The third-order valence-electron chi connectivity index (χ3n) is 2.88. The normalized spacial score (nSPS) is 11.8. The molecule has 0 aliphatic rings. The first-order chi connectivity index (χ1) is 9.79. The fraction of sp³-hybridized carbons (Fsp3) is 0.692. The maximum atomic E-state index is 11.5. The Balaban J connectivity index is 2.19. The highest BCUT2D eigenvalue weighted by atomic mass is 32.2. The topological polar surface area (TPSA) is 93.1 Å². The van der Waals surface area contributed by atoms with Gasteiger partial charge in [-0.3, -0.25) is 4.79 Å². The molecule has 0 fully saturated rings. The number of carbonyl (C=O) groups is 1. The van der Waals surface area contributed by atoms with E-state index in [-0.39, 0.29) is 18.9 Å². The SMILES string of the molecule is CC(C)c1nccn1CCCNC(=O)CCNS(C)(=O)=O. The second kappa shape index (κ2) is 8.14. The molecule has 0 atom stereocenters. The summed E-state index contributed by atoms with van der Waals surface area (Å²) < 4.78 is 26.0. The molecular weight excluding hydrogens is 292 g/mol. The van der Waals surface area contributed by atoms with E-state index in [4.69, 9.17) is 0 Å². The quantitative estimate of drug-likeness (QED) is 0.647. The third-order valence-corrected chi connectivity index (χ3v) is 3.61. The average Bonchev–Trinajstić information content (AvgIpc) is 2.81. The molecule has 7 nitrogen and oxygen atoms in total. The van der Waals surface area contributed by atoms with Gasteiger partial charge in [-0.05, 0) is 6.42 Å². The van der Waals surface area contributed by atoms with Crippen LogP contribution in [0.15, 0.2) is 12.4 Å². The Kier molecular flexibility index (Phi) is 6.83. The van der Waals surface area contributed by atoms with Gasteiger partial charge in [0.15, 0.2) is 0 Å². The zero-order valence-electron chi connectivity index (χ0n) is 12.8. The van der Waals surface area contributed by atoms with E-state index in [1.807, 2.05) is 6.20 Å². The van der Waals surface area contributed by atoms with Crippen LogP contribution in [-0.2, 0) is 21.4 Å². The molecule has 2 N–H and O–H groups in total. The molecule has 0 unspecified atom stereocenters. The Morgan fingerprint density at radius 1 is 1.38 bits per heavy atom. The number of nitrogens with one attached hydrogen (secondary N) is 2. The predicted molar refractivity (Wildman–Crippen MR) is 81.4 cm³/mol. The molecule has 0 saturated carbocycles. The largest absolute Gasteiger partial charge is 0.356 e. The van der Waals surface area contributed by atoms with Crippen LogP contribution in [0.2, 0.25) is 0 Å². The second-order valence-corrected chi connectivity index (χ2v) is 7.09. The van der Waals surface area contributed by atoms with Gasteiger partial charge in [-0.2, -0.15) is 0 Å². The standard InChI is InChI=1S/C13H24N4O3S/c1-11(2)13-15-8-10-17(13)9-4-6-14-12(18)5-7-16-21(3,19)20/h8,10-11,16H,4-7,9H2,1-3H3,(H,14,18). The fourth-order valence-electron chi connectivity index (χ4n) is 1.93. The Bertz CT molecular complexity index is 552. The molecule has 0 spiro atoms. The first-order valence-electron chi connectivity index (χ1n) is 7.02. The van der Waals surface area contributed by atoms with Gasteiger partial charge in [-0.25, -0.2) is 18.1 Å². The molecule has 0 aliphatic heterocycles. The molecule has 1 rings (SSSR count). The summed E-state index contributed by atoms with van der Waals surface area (Å²) in [5.41, 5.74) is 0. The molecule has 8 heteroatoms. The molecular formula is C13H24N4O3S. The van der Waals surface area contributed by atoms with E-state index in [2.05, 4.69) is 33.4 Å². The van der Waals surface area contributed by atoms with Crippen molar-refractivity contribution in [1.82, 2.24) is 19.6 Å². The van der Waals surface area contributed by atoms with Crippen molar-refractivity contribution in [3.8, 4) is 0 Å². The molecule has 0 bridgehead atoms. The van der Waals surface area contributed by atoms with E-state index < -0.39 is 10.0 Å². The summed E-state index contributed by atoms with van der Waals surface area (Å²) in [6, 6.07) is 0. The van der Waals surface area contributed by atoms with Gasteiger partial charge in [-0.1, -0.05) is 13.8 Å². The molecule has 0 aliphatic carbocycles. The lowest BCUT2D eigenvalue weighted by Gasteiger charge is -2.10. The van der Waals surface area contributed by atoms with Crippen LogP contribution in [0, 0.1) is 0 Å². The Morgan fingerprint density at radius 3 is 2.71 bits per heavy atom. The summed E-state index contributed by atoms with van der Waals surface area (Å²) in [5, 5.41) is 2.77. The van der Waals surface area contributed by atoms with Crippen molar-refractivity contribution < 1.29 is 13.2 Å². The molecule has 1 amide bonds. The number of rotatable bonds is 9. The summed E-state index contributed by atoms with van der Waals surface area (Å²) in [7, 11) is -3.23. The molecule has 1 aromatic heterocycles. The number of aryl methyl sites for hydroxylation is 1. The zero-order valence-corrected chi connectivity index (χ0v) is 13.6. The van der Waals surface area contributed by atoms with Gasteiger partial charge in [0.2, 0.25) is 15.9 Å². The number of amides is 1. The van der Waals surface area contributed by atoms with Crippen molar-refractivity contribution in [2.75, 3.05) is 19.3 Å². The lowest BCUT2D eigenvalue weighted by atomic mass is 10.2. The van der Waals surface area contributed by atoms with E-state index in [0.717, 1.165) is 25.0 Å². The van der Waals surface area contributed by atoms with Gasteiger partial charge in [0.05, 0.1) is 6.26 Å². The maximum absolute atomic E-state index is 11.5. The highest BCUT2D eigenvalue weighted by Crippen LogP contribution is 2.11. The fourth-order valence-corrected chi connectivity index (χ4v) is 2.40. The molecule has 0 saturated heterocycles. The number of imidazole rings is 1. The number of aromatic nitrogens is 2. The molecule has 0 radical (unpaired) electrons. The summed E-state index contributed by atoms with van der Waals surface area (Å²) in [6.07, 6.45) is 5.75. The van der Waals surface area contributed by atoms with Crippen molar-refractivity contribution in [2.24, 2.45) is 0 Å². The summed E-state index contributed by atoms with van der Waals surface area (Å²) >= 11 is 0. The highest BCUT2D eigenvalue weighted by molar-refractivity contribution is 7.88. The minimum atomic E-state index is -3.23. The van der Waals surface area contributed by atoms with Gasteiger partial charge >= 0.3 is 0 Å². The summed E-state index contributed by atoms with van der Waals surface area (Å²) in [6.45, 7) is 5.68. The van der Waals surface area contributed by atoms with Crippen molar-refractivity contribution in [1.29, 1.82) is 0 Å². The lowest BCUT2D eigenvalue weighted by molar-refractivity contribution is -0.120. The monoisotopic (exact) mass is 316 g/mol. The Morgan fingerprint density at radius 2 is 2.10 bits per heavy atom. The van der Waals surface area contributed by atoms with E-state index in [0.29, 0.717) is 12.5 Å². The van der Waals surface area contributed by atoms with E-state index in [1.165, 1.54) is 0 Å². The number of carbonyl (C=O) groups excluding carboxylic acids is 1. The predicted octanol–water partition coefficient (Wildman–Crippen LogP) is 0.452. The van der Waals surface area contributed by atoms with E-state index >= 15 is 0 Å². The zero-order chi connectivity index (χ0) is 15.9. The van der Waals surface area contributed by atoms with Crippen LogP contribution in [0.1, 0.15) is 38.4 Å². The van der Waals surface area contributed by atoms with Crippen LogP contribution in [0.25, 0.3) is 0 Å². The Labute approximate surface area is 126 Å². The van der Waals surface area contributed by atoms with Crippen LogP contribution in [0.4, 0.5) is 0 Å². The van der Waals surface area contributed by atoms with E-state index in [9.17, 15) is 13.2 Å². The first kappa shape index (κ1) is 17.6. The smallest absolute Gasteiger partial charge is 0.221 e. The number of sulfonamides is 1. The average molecular weight is 316 g/mol. The van der Waals surface area contributed by atoms with Crippen molar-refractivity contribution >= 4 is 15.9 Å². The van der Waals surface area contributed by atoms with Crippen LogP contribution >= 0.6 is 0 Å². The van der Waals surface area contributed by atoms with Crippen molar-refractivity contribution in [3.05, 3.63) is 18.2 Å². The number of nitrogens with zero attached hydrogens (tertiary/aromatic N) is 2. The Hall–Kier alpha value is -1.41. The van der Waals surface area contributed by atoms with Gasteiger partial charge < -0.3 is 9.88 Å². The van der Waals surface area contributed by atoms with Crippen LogP contribution in [-0.4, -0.2) is 43.2 Å². The van der Waals surface area contributed by atoms with Crippen molar-refractivity contribution in [2.45, 2.75) is 39.2 Å². The molecule has 0 aromatic carbocycles. The van der Waals surface area contributed by atoms with Crippen LogP contribution in [0.3, 0.4) is 0 Å². The van der Waals surface area contributed by atoms with Gasteiger partial charge in [0.1, 0.15) is 5.82 Å².